The summed E-state index contributed by atoms with van der Waals surface area (Å²) in [6, 6.07) is 3.00. The van der Waals surface area contributed by atoms with Gasteiger partial charge in [0.15, 0.2) is 5.69 Å². The molecule has 0 unspecified atom stereocenters. The van der Waals surface area contributed by atoms with E-state index in [4.69, 9.17) is 4.74 Å². The van der Waals surface area contributed by atoms with Crippen LogP contribution >= 0.6 is 11.5 Å². The van der Waals surface area contributed by atoms with Gasteiger partial charge in [-0.15, -0.1) is 0 Å². The van der Waals surface area contributed by atoms with Gasteiger partial charge in [-0.2, -0.15) is 30.7 Å². The summed E-state index contributed by atoms with van der Waals surface area (Å²) in [5.41, 5.74) is 0.408. The molecule has 0 spiro atoms. The number of anilines is 3. The Labute approximate surface area is 215 Å². The van der Waals surface area contributed by atoms with Crippen LogP contribution in [0.5, 0.6) is 5.88 Å². The zero-order chi connectivity index (χ0) is 27.5. The van der Waals surface area contributed by atoms with Crippen molar-refractivity contribution in [3.63, 3.8) is 0 Å². The van der Waals surface area contributed by atoms with Gasteiger partial charge in [0.05, 0.1) is 48.3 Å². The molecule has 3 aromatic rings. The van der Waals surface area contributed by atoms with Gasteiger partial charge < -0.3 is 15.4 Å². The molecule has 0 saturated carbocycles. The highest BCUT2D eigenvalue weighted by Gasteiger charge is 2.33. The van der Waals surface area contributed by atoms with E-state index in [0.717, 1.165) is 17.7 Å². The molecule has 1 aliphatic rings. The van der Waals surface area contributed by atoms with E-state index in [1.54, 1.807) is 6.92 Å². The van der Waals surface area contributed by atoms with E-state index in [9.17, 15) is 31.1 Å². The van der Waals surface area contributed by atoms with Gasteiger partial charge in [-0.25, -0.2) is 15.0 Å². The van der Waals surface area contributed by atoms with Crippen molar-refractivity contribution in [3.8, 4) is 5.88 Å². The number of alkyl halides is 6. The number of hydrogen-bond donors (Lipinski definition) is 2. The summed E-state index contributed by atoms with van der Waals surface area (Å²) in [6.45, 7) is 1.05. The number of nitrogens with one attached hydrogen (secondary N) is 2. The first kappa shape index (κ1) is 27.3. The number of carbonyl (C=O) groups excluding carboxylic acids is 1. The fraction of sp³-hybridized carbons (Fsp3) is 0.318. The van der Waals surface area contributed by atoms with E-state index >= 15 is 0 Å². The minimum atomic E-state index is -4.63. The third kappa shape index (κ3) is 7.16. The number of carbonyl (C=O) groups is 1. The Morgan fingerprint density at radius 2 is 1.92 bits per heavy atom. The molecule has 16 heteroatoms. The number of amides is 1. The summed E-state index contributed by atoms with van der Waals surface area (Å²) in [7, 11) is 0. The molecular weight excluding hydrogens is 540 g/mol. The standard InChI is InChI=1S/C22H19F6N7O2S/c1-12-18(20(38-34-12)33-16-8-29-15(7-30-16)22(26,27)28)19(36)32-14-2-3-17(31-6-14)37-10-13-4-5-35(9-13)11-21(23,24)25/h2-3,6-8,10H,4-5,9,11H2,1H3,(H,30,33)(H,32,36)/b13-10+. The first-order valence-corrected chi connectivity index (χ1v) is 11.7. The van der Waals surface area contributed by atoms with Crippen molar-refractivity contribution in [1.82, 2.24) is 24.2 Å². The number of rotatable bonds is 7. The number of hydrogen-bond acceptors (Lipinski definition) is 9. The molecule has 0 aromatic carbocycles. The zero-order valence-electron chi connectivity index (χ0n) is 19.5. The van der Waals surface area contributed by atoms with Crippen molar-refractivity contribution < 1.29 is 35.9 Å². The lowest BCUT2D eigenvalue weighted by Gasteiger charge is -2.16. The second-order valence-electron chi connectivity index (χ2n) is 8.19. The van der Waals surface area contributed by atoms with Crippen LogP contribution < -0.4 is 15.4 Å². The highest BCUT2D eigenvalue weighted by atomic mass is 32.1. The molecular formula is C22H19F6N7O2S. The predicted molar refractivity (Wildman–Crippen MR) is 125 cm³/mol. The van der Waals surface area contributed by atoms with Gasteiger partial charge in [0.25, 0.3) is 5.91 Å². The van der Waals surface area contributed by atoms with Gasteiger partial charge in [-0.05, 0) is 36.5 Å². The van der Waals surface area contributed by atoms with Crippen LogP contribution in [0, 0.1) is 6.92 Å². The smallest absolute Gasteiger partial charge is 0.434 e. The molecule has 9 nitrogen and oxygen atoms in total. The lowest BCUT2D eigenvalue weighted by Crippen LogP contribution is -2.31. The van der Waals surface area contributed by atoms with Crippen LogP contribution in [0.3, 0.4) is 0 Å². The number of nitrogens with zero attached hydrogens (tertiary/aromatic N) is 5. The highest BCUT2D eigenvalue weighted by molar-refractivity contribution is 7.10. The Bertz CT molecular complexity index is 1310. The molecule has 0 radical (unpaired) electrons. The van der Waals surface area contributed by atoms with E-state index in [1.165, 1.54) is 29.5 Å². The molecule has 1 saturated heterocycles. The molecule has 0 bridgehead atoms. The van der Waals surface area contributed by atoms with Gasteiger partial charge in [0.2, 0.25) is 5.88 Å². The Hall–Kier alpha value is -3.79. The first-order chi connectivity index (χ1) is 17.9. The molecule has 38 heavy (non-hydrogen) atoms. The van der Waals surface area contributed by atoms with E-state index in [0.29, 0.717) is 29.6 Å². The maximum absolute atomic E-state index is 12.9. The van der Waals surface area contributed by atoms with Gasteiger partial charge >= 0.3 is 12.4 Å². The third-order valence-electron chi connectivity index (χ3n) is 5.19. The van der Waals surface area contributed by atoms with Gasteiger partial charge in [-0.3, -0.25) is 9.69 Å². The molecule has 202 valence electrons. The normalized spacial score (nSPS) is 15.6. The average molecular weight is 559 g/mol. The van der Waals surface area contributed by atoms with Crippen LogP contribution in [-0.2, 0) is 6.18 Å². The molecule has 2 N–H and O–H groups in total. The van der Waals surface area contributed by atoms with Crippen LogP contribution in [0.15, 0.2) is 42.6 Å². The molecule has 3 aromatic heterocycles. The SMILES string of the molecule is Cc1nsc(Nc2cnc(C(F)(F)F)cn2)c1C(=O)Nc1ccc(O/C=C2\CCN(CC(F)(F)F)C2)nc1. The summed E-state index contributed by atoms with van der Waals surface area (Å²) >= 11 is 0.924. The third-order valence-corrected chi connectivity index (χ3v) is 6.05. The molecule has 0 atom stereocenters. The molecule has 1 fully saturated rings. The van der Waals surface area contributed by atoms with Crippen molar-refractivity contribution >= 4 is 33.9 Å². The molecule has 1 aliphatic heterocycles. The quantitative estimate of drug-likeness (QED) is 0.301. The van der Waals surface area contributed by atoms with Crippen LogP contribution in [0.4, 0.5) is 42.8 Å². The summed E-state index contributed by atoms with van der Waals surface area (Å²) in [5.74, 6) is -0.370. The minimum Gasteiger partial charge on any atom is -0.447 e. The number of aromatic nitrogens is 4. The predicted octanol–water partition coefficient (Wildman–Crippen LogP) is 5.18. The van der Waals surface area contributed by atoms with Crippen molar-refractivity contribution in [2.24, 2.45) is 0 Å². The van der Waals surface area contributed by atoms with Crippen molar-refractivity contribution in [3.05, 3.63) is 59.5 Å². The number of aryl methyl sites for hydroxylation is 1. The molecule has 1 amide bonds. The summed E-state index contributed by atoms with van der Waals surface area (Å²) in [6.07, 6.45) is -4.25. The van der Waals surface area contributed by atoms with E-state index in [2.05, 4.69) is 30.0 Å². The summed E-state index contributed by atoms with van der Waals surface area (Å²) < 4.78 is 85.2. The van der Waals surface area contributed by atoms with Crippen molar-refractivity contribution in [2.75, 3.05) is 30.3 Å². The maximum atomic E-state index is 12.9. The second-order valence-corrected chi connectivity index (χ2v) is 8.96. The van der Waals surface area contributed by atoms with Crippen molar-refractivity contribution in [1.29, 1.82) is 0 Å². The van der Waals surface area contributed by atoms with E-state index in [-0.39, 0.29) is 35.4 Å². The van der Waals surface area contributed by atoms with Crippen LogP contribution in [0.2, 0.25) is 0 Å². The fourth-order valence-corrected chi connectivity index (χ4v) is 4.27. The molecule has 4 heterocycles. The minimum absolute atomic E-state index is 0.00298. The lowest BCUT2D eigenvalue weighted by atomic mass is 10.2. The first-order valence-electron chi connectivity index (χ1n) is 10.9. The second kappa shape index (κ2) is 10.9. The van der Waals surface area contributed by atoms with Crippen molar-refractivity contribution in [2.45, 2.75) is 25.7 Å². The van der Waals surface area contributed by atoms with E-state index < -0.39 is 30.5 Å². The Morgan fingerprint density at radius 3 is 2.55 bits per heavy atom. The Balaban J connectivity index is 1.36. The number of halogens is 6. The maximum Gasteiger partial charge on any atom is 0.434 e. The van der Waals surface area contributed by atoms with Crippen LogP contribution in [0.25, 0.3) is 0 Å². The zero-order valence-corrected chi connectivity index (χ0v) is 20.3. The summed E-state index contributed by atoms with van der Waals surface area (Å²) in [5, 5.41) is 5.66. The number of pyridine rings is 1. The lowest BCUT2D eigenvalue weighted by molar-refractivity contribution is -0.143. The average Bonchev–Trinajstić information content (AvgIpc) is 3.43. The van der Waals surface area contributed by atoms with Gasteiger partial charge in [-0.1, -0.05) is 0 Å². The molecule has 0 aliphatic carbocycles. The van der Waals surface area contributed by atoms with Gasteiger partial charge in [0, 0.05) is 19.2 Å². The summed E-state index contributed by atoms with van der Waals surface area (Å²) in [4.78, 5) is 25.2. The van der Waals surface area contributed by atoms with Crippen LogP contribution in [-0.4, -0.2) is 55.9 Å². The Kier molecular flexibility index (Phi) is 7.82. The monoisotopic (exact) mass is 559 g/mol. The number of ether oxygens (including phenoxy) is 1. The van der Waals surface area contributed by atoms with Gasteiger partial charge in [0.1, 0.15) is 10.8 Å². The number of likely N-dealkylation sites (tertiary alicyclic amines) is 1. The Morgan fingerprint density at radius 1 is 1.13 bits per heavy atom. The van der Waals surface area contributed by atoms with Crippen LogP contribution in [0.1, 0.15) is 28.2 Å². The molecule has 4 rings (SSSR count). The fourth-order valence-electron chi connectivity index (χ4n) is 3.47. The largest absolute Gasteiger partial charge is 0.447 e. The highest BCUT2D eigenvalue weighted by Crippen LogP contribution is 2.30. The topological polar surface area (TPSA) is 105 Å². The van der Waals surface area contributed by atoms with E-state index in [1.807, 2.05) is 0 Å².